The fraction of sp³-hybridized carbons (Fsp3) is 0. The van der Waals surface area contributed by atoms with E-state index < -0.39 is 7.82 Å². The quantitative estimate of drug-likeness (QED) is 0.327. The van der Waals surface area contributed by atoms with E-state index in [1.165, 1.54) is 0 Å². The Kier molecular flexibility index (Phi) is 27.7. The summed E-state index contributed by atoms with van der Waals surface area (Å²) in [5, 5.41) is 0. The fourth-order valence-corrected chi connectivity index (χ4v) is 0. The molecule has 0 aromatic rings. The Bertz CT molecular complexity index is 73.2. The van der Waals surface area contributed by atoms with Crippen molar-refractivity contribution in [2.75, 3.05) is 0 Å². The minimum atomic E-state index is -4.64. The van der Waals surface area contributed by atoms with E-state index in [4.69, 9.17) is 19.2 Å². The molecule has 0 heterocycles. The molecule has 4 nitrogen and oxygen atoms in total. The summed E-state index contributed by atoms with van der Waals surface area (Å²) in [6.45, 7) is 0. The van der Waals surface area contributed by atoms with Crippen molar-refractivity contribution in [3.8, 4) is 0 Å². The normalized spacial score (nSPS) is 7.38. The van der Waals surface area contributed by atoms with Crippen molar-refractivity contribution in [1.29, 1.82) is 0 Å². The van der Waals surface area contributed by atoms with Crippen LogP contribution in [0.25, 0.3) is 0 Å². The molecule has 0 saturated carbocycles. The largest absolute Gasteiger partial charge is 2.00 e. The second kappa shape index (κ2) is 9.89. The molecule has 0 unspecified atom stereocenters. The molecule has 46 valence electrons. The van der Waals surface area contributed by atoms with E-state index in [0.29, 0.717) is 0 Å². The first-order valence-electron chi connectivity index (χ1n) is 0.783. The van der Waals surface area contributed by atoms with Gasteiger partial charge in [0.25, 0.3) is 0 Å². The van der Waals surface area contributed by atoms with Gasteiger partial charge in [0, 0.05) is 0 Å². The molecule has 0 fully saturated rings. The van der Waals surface area contributed by atoms with E-state index in [2.05, 4.69) is 0 Å². The van der Waals surface area contributed by atoms with Crippen LogP contribution in [0.15, 0.2) is 0 Å². The van der Waals surface area contributed by atoms with Gasteiger partial charge < -0.3 is 20.4 Å². The van der Waals surface area contributed by atoms with Crippen LogP contribution in [-0.4, -0.2) is 101 Å². The van der Waals surface area contributed by atoms with E-state index in [0.717, 1.165) is 0 Å². The average Bonchev–Trinajstić information content (AvgIpc) is 0.722. The Balaban J connectivity index is -0.00000000381. The maximum atomic E-state index is 8.88. The van der Waals surface area contributed by atoms with Crippen LogP contribution in [0, 0.1) is 0 Å². The van der Waals surface area contributed by atoms with Crippen LogP contribution in [0.3, 0.4) is 0 Å². The predicted octanol–water partition coefficient (Wildman–Crippen LogP) is -2.42. The van der Waals surface area contributed by atoms with Crippen LogP contribution in [0.5, 0.6) is 0 Å². The molecule has 0 radical (unpaired) electrons. The Morgan fingerprint density at radius 3 is 1.25 bits per heavy atom. The van der Waals surface area contributed by atoms with Gasteiger partial charge >= 0.3 is 76.4 Å². The summed E-state index contributed by atoms with van der Waals surface area (Å²) in [5.41, 5.74) is 0. The van der Waals surface area contributed by atoms with Crippen molar-refractivity contribution < 1.29 is 25.0 Å². The van der Waals surface area contributed by atoms with E-state index in [1.807, 2.05) is 0 Å². The minimum Gasteiger partial charge on any atom is -1.00 e. The average molecular weight is 244 g/mol. The van der Waals surface area contributed by atoms with Crippen LogP contribution >= 0.6 is 7.82 Å². The van der Waals surface area contributed by atoms with Gasteiger partial charge in [-0.3, -0.25) is 0 Å². The Morgan fingerprint density at radius 1 is 1.25 bits per heavy atom. The molecule has 3 N–H and O–H groups in total. The van der Waals surface area contributed by atoms with E-state index in [9.17, 15) is 0 Å². The summed E-state index contributed by atoms with van der Waals surface area (Å²) in [5.74, 6) is 0. The molecular weight excluding hydrogens is 234 g/mol. The van der Waals surface area contributed by atoms with Gasteiger partial charge in [-0.05, 0) is 0 Å². The molecule has 0 atom stereocenters. The molecule has 0 bridgehead atoms. The van der Waals surface area contributed by atoms with Crippen molar-refractivity contribution in [2.45, 2.75) is 0 Å². The third-order valence-electron chi connectivity index (χ3n) is 0. The van der Waals surface area contributed by atoms with Crippen LogP contribution < -0.4 is 0 Å². The maximum absolute atomic E-state index is 8.88. The molecule has 0 aliphatic carbocycles. The van der Waals surface area contributed by atoms with Crippen molar-refractivity contribution in [1.82, 2.24) is 0 Å². The maximum Gasteiger partial charge on any atom is 2.00 e. The van der Waals surface area contributed by atoms with E-state index >= 15 is 0 Å². The standard InChI is InChI=1S/Al.Mg.H3O4P.Sr.7H/c;;1-5(2,3)4;;;;;;;;/h;;(H3,1,2,3,4);;;;;;;;/q;+2;;+2;;;;4*-1. The van der Waals surface area contributed by atoms with Gasteiger partial charge in [-0.25, -0.2) is 4.57 Å². The summed E-state index contributed by atoms with van der Waals surface area (Å²) < 4.78 is 8.88. The van der Waals surface area contributed by atoms with Gasteiger partial charge in [0.2, 0.25) is 0 Å². The smallest absolute Gasteiger partial charge is 1.00 e. The van der Waals surface area contributed by atoms with E-state index in [-0.39, 0.29) is 91.6 Å². The summed E-state index contributed by atoms with van der Waals surface area (Å²) in [6.07, 6.45) is 0. The third kappa shape index (κ3) is 66.3. The molecule has 8 heteroatoms. The van der Waals surface area contributed by atoms with Crippen molar-refractivity contribution >= 4 is 93.7 Å². The van der Waals surface area contributed by atoms with Gasteiger partial charge in [0.15, 0.2) is 17.4 Å². The van der Waals surface area contributed by atoms with Gasteiger partial charge in [-0.1, -0.05) is 0 Å². The third-order valence-corrected chi connectivity index (χ3v) is 0. The molecule has 0 aromatic carbocycles. The molecule has 0 aliphatic heterocycles. The molecule has 8 heavy (non-hydrogen) atoms. The zero-order valence-corrected chi connectivity index (χ0v) is 9.40. The van der Waals surface area contributed by atoms with E-state index in [1.54, 1.807) is 0 Å². The first-order chi connectivity index (χ1) is 2.00. The zero-order chi connectivity index (χ0) is 4.50. The molecule has 0 saturated heterocycles. The van der Waals surface area contributed by atoms with Crippen molar-refractivity contribution in [3.63, 3.8) is 0 Å². The number of hydrogen-bond donors (Lipinski definition) is 3. The van der Waals surface area contributed by atoms with Crippen LogP contribution in [0.1, 0.15) is 5.71 Å². The Hall–Kier alpha value is 2.89. The Morgan fingerprint density at radius 2 is 1.25 bits per heavy atom. The monoisotopic (exact) mass is 244 g/mol. The molecule has 0 aliphatic rings. The fourth-order valence-electron chi connectivity index (χ4n) is 0. The summed E-state index contributed by atoms with van der Waals surface area (Å²) in [6, 6.07) is 0. The Labute approximate surface area is 117 Å². The first-order valence-corrected chi connectivity index (χ1v) is 2.35. The second-order valence-corrected chi connectivity index (χ2v) is 1.54. The van der Waals surface area contributed by atoms with Gasteiger partial charge in [-0.15, -0.1) is 0 Å². The van der Waals surface area contributed by atoms with Crippen LogP contribution in [0.2, 0.25) is 0 Å². The molecule has 0 spiro atoms. The number of phosphoric acid groups is 1. The van der Waals surface area contributed by atoms with Gasteiger partial charge in [0.05, 0.1) is 0 Å². The molecule has 0 amide bonds. The minimum absolute atomic E-state index is 0. The predicted molar refractivity (Wildman–Crippen MR) is 40.2 cm³/mol. The molecular formula is H10AlMgO4PSr. The molecule has 0 aromatic heterocycles. The van der Waals surface area contributed by atoms with Gasteiger partial charge in [0.1, 0.15) is 0 Å². The summed E-state index contributed by atoms with van der Waals surface area (Å²) in [4.78, 5) is 21.6. The van der Waals surface area contributed by atoms with Crippen molar-refractivity contribution in [2.24, 2.45) is 0 Å². The topological polar surface area (TPSA) is 77.8 Å². The zero-order valence-electron chi connectivity index (χ0n) is 7.61. The van der Waals surface area contributed by atoms with Crippen LogP contribution in [0.4, 0.5) is 0 Å². The summed E-state index contributed by atoms with van der Waals surface area (Å²) in [7, 11) is -4.64. The first kappa shape index (κ1) is 22.4. The van der Waals surface area contributed by atoms with Gasteiger partial charge in [-0.2, -0.15) is 0 Å². The van der Waals surface area contributed by atoms with Crippen molar-refractivity contribution in [3.05, 3.63) is 0 Å². The molecule has 0 rings (SSSR count). The second-order valence-electron chi connectivity index (χ2n) is 0.513. The van der Waals surface area contributed by atoms with Crippen LogP contribution in [-0.2, 0) is 4.57 Å². The number of rotatable bonds is 0. The SMILES string of the molecule is O=P(O)(O)O.[AlH3].[H-].[H-].[H-].[H-].[Mg+2].[Sr+2]. The summed E-state index contributed by atoms with van der Waals surface area (Å²) >= 11 is 0. The number of hydrogen-bond acceptors (Lipinski definition) is 1.